The summed E-state index contributed by atoms with van der Waals surface area (Å²) >= 11 is 8.11. The van der Waals surface area contributed by atoms with Crippen LogP contribution in [0.1, 0.15) is 19.4 Å². The van der Waals surface area contributed by atoms with E-state index in [0.717, 1.165) is 3.57 Å². The van der Waals surface area contributed by atoms with Gasteiger partial charge in [-0.2, -0.15) is 4.98 Å². The van der Waals surface area contributed by atoms with Crippen LogP contribution >= 0.6 is 34.2 Å². The number of hydrogen-bond donors (Lipinski definition) is 2. The van der Waals surface area contributed by atoms with E-state index in [0.29, 0.717) is 22.6 Å². The van der Waals surface area contributed by atoms with Gasteiger partial charge in [-0.15, -0.1) is 0 Å². The molecule has 1 atom stereocenters. The highest BCUT2D eigenvalue weighted by atomic mass is 127. The van der Waals surface area contributed by atoms with Crippen LogP contribution in [0.15, 0.2) is 6.20 Å². The van der Waals surface area contributed by atoms with E-state index in [4.69, 9.17) is 16.7 Å². The largest absolute Gasteiger partial charge is 0.480 e. The van der Waals surface area contributed by atoms with E-state index in [2.05, 4.69) is 32.6 Å². The van der Waals surface area contributed by atoms with Crippen molar-refractivity contribution >= 4 is 45.4 Å². The monoisotopic (exact) mass is 367 g/mol. The van der Waals surface area contributed by atoms with Crippen molar-refractivity contribution in [3.63, 3.8) is 0 Å². The highest BCUT2D eigenvalue weighted by molar-refractivity contribution is 14.1. The number of pyridine rings is 1. The van der Waals surface area contributed by atoms with Crippen LogP contribution in [-0.2, 0) is 0 Å². The molecule has 7 heteroatoms. The molecule has 0 saturated heterocycles. The molecule has 0 amide bonds. The summed E-state index contributed by atoms with van der Waals surface area (Å²) < 4.78 is 2.44. The summed E-state index contributed by atoms with van der Waals surface area (Å²) in [5.74, 6) is 0. The molecule has 0 aliphatic heterocycles. The van der Waals surface area contributed by atoms with Crippen molar-refractivity contribution in [2.45, 2.75) is 19.4 Å². The van der Waals surface area contributed by atoms with Crippen LogP contribution in [0.5, 0.6) is 6.01 Å². The fourth-order valence-electron chi connectivity index (χ4n) is 1.72. The molecule has 2 N–H and O–H groups in total. The van der Waals surface area contributed by atoms with E-state index in [1.54, 1.807) is 4.57 Å². The molecule has 0 unspecified atom stereocenters. The minimum Gasteiger partial charge on any atom is -0.480 e. The predicted octanol–water partition coefficient (Wildman–Crippen LogP) is 2.34. The van der Waals surface area contributed by atoms with Gasteiger partial charge in [-0.05, 0) is 35.9 Å². The molecule has 5 nitrogen and oxygen atoms in total. The Hall–Kier alpha value is -0.600. The van der Waals surface area contributed by atoms with E-state index in [9.17, 15) is 5.11 Å². The molecule has 0 fully saturated rings. The zero-order valence-corrected chi connectivity index (χ0v) is 12.0. The summed E-state index contributed by atoms with van der Waals surface area (Å²) in [6, 6.07) is -0.174. The van der Waals surface area contributed by atoms with Crippen molar-refractivity contribution in [3.8, 4) is 6.01 Å². The lowest BCUT2D eigenvalue weighted by Crippen LogP contribution is -2.07. The SMILES string of the molecule is C[C@@H](CCO)n1c(O)nc2ncc(Cl)c(I)c21. The van der Waals surface area contributed by atoms with Crippen molar-refractivity contribution < 1.29 is 10.2 Å². The topological polar surface area (TPSA) is 71.2 Å². The number of aliphatic hydroxyl groups excluding tert-OH is 1. The van der Waals surface area contributed by atoms with Crippen molar-refractivity contribution in [1.29, 1.82) is 0 Å². The maximum atomic E-state index is 9.83. The van der Waals surface area contributed by atoms with E-state index >= 15 is 0 Å². The van der Waals surface area contributed by atoms with Crippen LogP contribution in [0, 0.1) is 3.57 Å². The zero-order chi connectivity index (χ0) is 12.6. The Morgan fingerprint density at radius 1 is 1.59 bits per heavy atom. The molecule has 2 heterocycles. The molecule has 2 rings (SSSR count). The molecule has 17 heavy (non-hydrogen) atoms. The lowest BCUT2D eigenvalue weighted by molar-refractivity contribution is 0.257. The average Bonchev–Trinajstić information content (AvgIpc) is 2.61. The summed E-state index contributed by atoms with van der Waals surface area (Å²) in [5.41, 5.74) is 1.16. The Morgan fingerprint density at radius 3 is 2.94 bits per heavy atom. The smallest absolute Gasteiger partial charge is 0.296 e. The molecule has 0 aliphatic rings. The van der Waals surface area contributed by atoms with E-state index in [1.165, 1.54) is 6.20 Å². The third kappa shape index (κ3) is 2.21. The first kappa shape index (κ1) is 12.8. The first-order valence-corrected chi connectivity index (χ1v) is 6.53. The fraction of sp³-hybridized carbons (Fsp3) is 0.400. The number of rotatable bonds is 3. The number of nitrogens with zero attached hydrogens (tertiary/aromatic N) is 3. The van der Waals surface area contributed by atoms with Crippen LogP contribution in [0.4, 0.5) is 0 Å². The van der Waals surface area contributed by atoms with Gasteiger partial charge < -0.3 is 10.2 Å². The van der Waals surface area contributed by atoms with Gasteiger partial charge in [0, 0.05) is 18.8 Å². The van der Waals surface area contributed by atoms with Gasteiger partial charge in [0.15, 0.2) is 5.65 Å². The van der Waals surface area contributed by atoms with Crippen molar-refractivity contribution in [3.05, 3.63) is 14.8 Å². The number of aromatic hydroxyl groups is 1. The molecule has 0 bridgehead atoms. The molecule has 0 aliphatic carbocycles. The maximum absolute atomic E-state index is 9.83. The molecular formula is C10H11ClIN3O2. The van der Waals surface area contributed by atoms with Crippen LogP contribution in [0.2, 0.25) is 5.02 Å². The fourth-order valence-corrected chi connectivity index (χ4v) is 2.50. The highest BCUT2D eigenvalue weighted by Crippen LogP contribution is 2.32. The second-order valence-electron chi connectivity index (χ2n) is 3.74. The van der Waals surface area contributed by atoms with E-state index < -0.39 is 0 Å². The quantitative estimate of drug-likeness (QED) is 0.817. The summed E-state index contributed by atoms with van der Waals surface area (Å²) in [6.45, 7) is 1.94. The van der Waals surface area contributed by atoms with Gasteiger partial charge in [0.1, 0.15) is 5.52 Å². The molecular weight excluding hydrogens is 356 g/mol. The van der Waals surface area contributed by atoms with E-state index in [1.807, 2.05) is 6.92 Å². The summed E-state index contributed by atoms with van der Waals surface area (Å²) in [7, 11) is 0. The normalized spacial score (nSPS) is 13.2. The number of fused-ring (bicyclic) bond motifs is 1. The molecule has 0 radical (unpaired) electrons. The van der Waals surface area contributed by atoms with Gasteiger partial charge in [0.2, 0.25) is 0 Å². The van der Waals surface area contributed by atoms with Gasteiger partial charge in [0.25, 0.3) is 6.01 Å². The van der Waals surface area contributed by atoms with Crippen molar-refractivity contribution in [1.82, 2.24) is 14.5 Å². The van der Waals surface area contributed by atoms with Crippen LogP contribution < -0.4 is 0 Å². The summed E-state index contributed by atoms with van der Waals surface area (Å²) in [4.78, 5) is 8.06. The van der Waals surface area contributed by atoms with Crippen LogP contribution in [0.25, 0.3) is 11.2 Å². The zero-order valence-electron chi connectivity index (χ0n) is 9.06. The standard InChI is InChI=1S/C10H11ClIN3O2/c1-5(2-3-16)15-8-7(12)6(11)4-13-9(8)14-10(15)17/h4-5,16H,2-3H2,1H3,(H,13,14,17)/t5-/m0/s1. The average molecular weight is 368 g/mol. The third-order valence-corrected chi connectivity index (χ3v) is 4.28. The first-order chi connectivity index (χ1) is 8.06. The number of halogens is 2. The third-order valence-electron chi connectivity index (χ3n) is 2.58. The van der Waals surface area contributed by atoms with Gasteiger partial charge in [-0.3, -0.25) is 4.57 Å². The Kier molecular flexibility index (Phi) is 3.74. The minimum atomic E-state index is -0.103. The molecule has 0 saturated carbocycles. The molecule has 2 aromatic rings. The van der Waals surface area contributed by atoms with E-state index in [-0.39, 0.29) is 18.7 Å². The maximum Gasteiger partial charge on any atom is 0.296 e. The van der Waals surface area contributed by atoms with Crippen LogP contribution in [-0.4, -0.2) is 31.4 Å². The van der Waals surface area contributed by atoms with Crippen molar-refractivity contribution in [2.75, 3.05) is 6.61 Å². The Bertz CT molecular complexity index is 558. The Morgan fingerprint density at radius 2 is 2.29 bits per heavy atom. The first-order valence-electron chi connectivity index (χ1n) is 5.08. The molecule has 0 spiro atoms. The number of aromatic nitrogens is 3. The summed E-state index contributed by atoms with van der Waals surface area (Å²) in [5, 5.41) is 19.3. The Labute approximate surface area is 117 Å². The summed E-state index contributed by atoms with van der Waals surface area (Å²) in [6.07, 6.45) is 2.04. The second kappa shape index (κ2) is 4.95. The van der Waals surface area contributed by atoms with Gasteiger partial charge in [-0.1, -0.05) is 11.6 Å². The highest BCUT2D eigenvalue weighted by Gasteiger charge is 2.19. The lowest BCUT2D eigenvalue weighted by Gasteiger charge is -2.14. The molecule has 0 aromatic carbocycles. The van der Waals surface area contributed by atoms with Crippen molar-refractivity contribution in [2.24, 2.45) is 0 Å². The second-order valence-corrected chi connectivity index (χ2v) is 5.22. The Balaban J connectivity index is 2.68. The van der Waals surface area contributed by atoms with Gasteiger partial charge in [-0.25, -0.2) is 4.98 Å². The minimum absolute atomic E-state index is 0.0465. The van der Waals surface area contributed by atoms with Crippen LogP contribution in [0.3, 0.4) is 0 Å². The predicted molar refractivity (Wildman–Crippen MR) is 73.3 cm³/mol. The van der Waals surface area contributed by atoms with Gasteiger partial charge in [0.05, 0.1) is 8.59 Å². The number of aliphatic hydroxyl groups is 1. The molecule has 92 valence electrons. The lowest BCUT2D eigenvalue weighted by atomic mass is 10.2. The molecule has 2 aromatic heterocycles. The number of imidazole rings is 1. The number of hydrogen-bond acceptors (Lipinski definition) is 4. The van der Waals surface area contributed by atoms with Gasteiger partial charge >= 0.3 is 0 Å².